The van der Waals surface area contributed by atoms with Crippen LogP contribution in [0.3, 0.4) is 0 Å². The van der Waals surface area contributed by atoms with Crippen molar-refractivity contribution in [3.8, 4) is 5.75 Å². The lowest BCUT2D eigenvalue weighted by atomic mass is 10.2. The van der Waals surface area contributed by atoms with Crippen LogP contribution in [0.5, 0.6) is 5.75 Å². The number of halogens is 2. The van der Waals surface area contributed by atoms with Gasteiger partial charge < -0.3 is 15.4 Å². The van der Waals surface area contributed by atoms with Gasteiger partial charge in [0.15, 0.2) is 11.6 Å². The molecule has 2 aromatic carbocycles. The molecule has 0 saturated heterocycles. The van der Waals surface area contributed by atoms with Crippen molar-refractivity contribution < 1.29 is 9.53 Å². The SMILES string of the molecule is C[C@H](Oc1ccc(Cl)cc1Cl)C(=O)N[C@H]1NC(c2ccccc2)=CS1. The Kier molecular flexibility index (Phi) is 5.78. The van der Waals surface area contributed by atoms with Crippen LogP contribution in [0.1, 0.15) is 12.5 Å². The van der Waals surface area contributed by atoms with E-state index in [0.29, 0.717) is 15.8 Å². The van der Waals surface area contributed by atoms with Gasteiger partial charge in [-0.25, -0.2) is 0 Å². The lowest BCUT2D eigenvalue weighted by Crippen LogP contribution is -2.45. The highest BCUT2D eigenvalue weighted by atomic mass is 35.5. The number of nitrogens with one attached hydrogen (secondary N) is 2. The van der Waals surface area contributed by atoms with Crippen LogP contribution < -0.4 is 15.4 Å². The number of carbonyl (C=O) groups is 1. The van der Waals surface area contributed by atoms with Crippen molar-refractivity contribution in [1.82, 2.24) is 10.6 Å². The van der Waals surface area contributed by atoms with Gasteiger partial charge in [-0.2, -0.15) is 0 Å². The molecule has 0 aliphatic carbocycles. The standard InChI is InChI=1S/C18H16Cl2N2O2S/c1-11(24-16-8-7-13(19)9-14(16)20)17(23)22-18-21-15(10-25-18)12-5-3-2-4-6-12/h2-11,18,21H,1H3,(H,22,23)/t11-,18+/m0/s1. The summed E-state index contributed by atoms with van der Waals surface area (Å²) in [6.45, 7) is 1.67. The van der Waals surface area contributed by atoms with Crippen LogP contribution in [-0.4, -0.2) is 17.5 Å². The molecule has 25 heavy (non-hydrogen) atoms. The monoisotopic (exact) mass is 394 g/mol. The summed E-state index contributed by atoms with van der Waals surface area (Å²) in [5.41, 5.74) is 1.81. The molecule has 2 aromatic rings. The maximum absolute atomic E-state index is 12.3. The van der Waals surface area contributed by atoms with E-state index in [1.165, 1.54) is 11.8 Å². The minimum atomic E-state index is -0.693. The van der Waals surface area contributed by atoms with Crippen LogP contribution in [0.25, 0.3) is 5.70 Å². The number of thioether (sulfide) groups is 1. The zero-order valence-electron chi connectivity index (χ0n) is 13.3. The number of hydrogen-bond donors (Lipinski definition) is 2. The first kappa shape index (κ1) is 18.0. The molecule has 1 amide bonds. The number of amides is 1. The predicted octanol–water partition coefficient (Wildman–Crippen LogP) is 4.50. The molecule has 0 spiro atoms. The van der Waals surface area contributed by atoms with Gasteiger partial charge in [0.25, 0.3) is 5.91 Å². The normalized spacial score (nSPS) is 17.4. The lowest BCUT2D eigenvalue weighted by Gasteiger charge is -2.19. The molecule has 3 rings (SSSR count). The Bertz CT molecular complexity index is 799. The second-order valence-electron chi connectivity index (χ2n) is 5.40. The summed E-state index contributed by atoms with van der Waals surface area (Å²) in [5.74, 6) is 0.183. The summed E-state index contributed by atoms with van der Waals surface area (Å²) in [5, 5.41) is 9.04. The third kappa shape index (κ3) is 4.63. The first-order valence-electron chi connectivity index (χ1n) is 7.62. The van der Waals surface area contributed by atoms with Crippen molar-refractivity contribution in [3.05, 3.63) is 69.5 Å². The fourth-order valence-corrected chi connectivity index (χ4v) is 3.55. The number of hydrogen-bond acceptors (Lipinski definition) is 4. The maximum Gasteiger partial charge on any atom is 0.263 e. The molecule has 0 aromatic heterocycles. The van der Waals surface area contributed by atoms with Crippen LogP contribution >= 0.6 is 35.0 Å². The van der Waals surface area contributed by atoms with Crippen molar-refractivity contribution in [2.45, 2.75) is 18.5 Å². The van der Waals surface area contributed by atoms with E-state index in [-0.39, 0.29) is 11.4 Å². The van der Waals surface area contributed by atoms with Crippen molar-refractivity contribution in [2.24, 2.45) is 0 Å². The van der Waals surface area contributed by atoms with Gasteiger partial charge in [-0.05, 0) is 36.1 Å². The molecule has 130 valence electrons. The maximum atomic E-state index is 12.3. The average molecular weight is 395 g/mol. The Hall–Kier alpha value is -1.82. The van der Waals surface area contributed by atoms with Gasteiger partial charge in [0.1, 0.15) is 5.75 Å². The summed E-state index contributed by atoms with van der Waals surface area (Å²) in [6, 6.07) is 14.8. The predicted molar refractivity (Wildman–Crippen MR) is 104 cm³/mol. The summed E-state index contributed by atoms with van der Waals surface area (Å²) in [4.78, 5) is 12.3. The molecule has 0 radical (unpaired) electrons. The fraction of sp³-hybridized carbons (Fsp3) is 0.167. The smallest absolute Gasteiger partial charge is 0.263 e. The second kappa shape index (κ2) is 8.04. The van der Waals surface area contributed by atoms with E-state index in [0.717, 1.165) is 11.3 Å². The molecular formula is C18H16Cl2N2O2S. The molecule has 4 nitrogen and oxygen atoms in total. The van der Waals surface area contributed by atoms with Crippen LogP contribution in [0.2, 0.25) is 10.0 Å². The molecule has 1 heterocycles. The van der Waals surface area contributed by atoms with Crippen molar-refractivity contribution in [1.29, 1.82) is 0 Å². The highest BCUT2D eigenvalue weighted by Gasteiger charge is 2.23. The number of ether oxygens (including phenoxy) is 1. The summed E-state index contributed by atoms with van der Waals surface area (Å²) in [7, 11) is 0. The van der Waals surface area contributed by atoms with Gasteiger partial charge >= 0.3 is 0 Å². The lowest BCUT2D eigenvalue weighted by molar-refractivity contribution is -0.127. The van der Waals surface area contributed by atoms with Gasteiger partial charge in [0.2, 0.25) is 0 Å². The van der Waals surface area contributed by atoms with E-state index in [1.807, 2.05) is 35.7 Å². The Morgan fingerprint density at radius 2 is 2.00 bits per heavy atom. The topological polar surface area (TPSA) is 50.4 Å². The molecule has 0 bridgehead atoms. The summed E-state index contributed by atoms with van der Waals surface area (Å²) in [6.07, 6.45) is -0.693. The van der Waals surface area contributed by atoms with E-state index in [1.54, 1.807) is 25.1 Å². The Morgan fingerprint density at radius 3 is 2.72 bits per heavy atom. The van der Waals surface area contributed by atoms with E-state index >= 15 is 0 Å². The van der Waals surface area contributed by atoms with E-state index in [2.05, 4.69) is 10.6 Å². The second-order valence-corrected chi connectivity index (χ2v) is 7.22. The summed E-state index contributed by atoms with van der Waals surface area (Å²) >= 11 is 13.4. The zero-order valence-corrected chi connectivity index (χ0v) is 15.7. The molecule has 2 N–H and O–H groups in total. The van der Waals surface area contributed by atoms with Crippen LogP contribution in [-0.2, 0) is 4.79 Å². The van der Waals surface area contributed by atoms with Crippen molar-refractivity contribution in [3.63, 3.8) is 0 Å². The molecule has 0 saturated carbocycles. The minimum absolute atomic E-state index is 0.237. The van der Waals surface area contributed by atoms with Crippen molar-refractivity contribution >= 4 is 46.6 Å². The number of rotatable bonds is 5. The fourth-order valence-electron chi connectivity index (χ4n) is 2.25. The van der Waals surface area contributed by atoms with E-state index < -0.39 is 6.10 Å². The van der Waals surface area contributed by atoms with E-state index in [4.69, 9.17) is 27.9 Å². The summed E-state index contributed by atoms with van der Waals surface area (Å²) < 4.78 is 5.63. The molecule has 0 unspecified atom stereocenters. The van der Waals surface area contributed by atoms with E-state index in [9.17, 15) is 4.79 Å². The van der Waals surface area contributed by atoms with Crippen LogP contribution in [0.4, 0.5) is 0 Å². The quantitative estimate of drug-likeness (QED) is 0.783. The molecular weight excluding hydrogens is 379 g/mol. The van der Waals surface area contributed by atoms with Crippen LogP contribution in [0.15, 0.2) is 53.9 Å². The Labute approximate surface area is 160 Å². The highest BCUT2D eigenvalue weighted by Crippen LogP contribution is 2.29. The van der Waals surface area contributed by atoms with Gasteiger partial charge in [0, 0.05) is 5.02 Å². The van der Waals surface area contributed by atoms with Gasteiger partial charge in [0.05, 0.1) is 10.7 Å². The molecule has 0 fully saturated rings. The molecule has 1 aliphatic heterocycles. The van der Waals surface area contributed by atoms with Gasteiger partial charge in [-0.1, -0.05) is 65.3 Å². The first-order chi connectivity index (χ1) is 12.0. The molecule has 1 aliphatic rings. The van der Waals surface area contributed by atoms with Crippen molar-refractivity contribution in [2.75, 3.05) is 0 Å². The third-order valence-corrected chi connectivity index (χ3v) is 4.94. The van der Waals surface area contributed by atoms with Gasteiger partial charge in [-0.3, -0.25) is 4.79 Å². The number of carbonyl (C=O) groups excluding carboxylic acids is 1. The largest absolute Gasteiger partial charge is 0.479 e. The zero-order chi connectivity index (χ0) is 17.8. The Balaban J connectivity index is 1.54. The average Bonchev–Trinajstić information content (AvgIpc) is 3.06. The Morgan fingerprint density at radius 1 is 1.24 bits per heavy atom. The van der Waals surface area contributed by atoms with Crippen LogP contribution in [0, 0.1) is 0 Å². The highest BCUT2D eigenvalue weighted by molar-refractivity contribution is 8.03. The molecule has 2 atom stereocenters. The van der Waals surface area contributed by atoms with Gasteiger partial charge in [-0.15, -0.1) is 0 Å². The number of benzene rings is 2. The third-order valence-electron chi connectivity index (χ3n) is 3.53. The first-order valence-corrected chi connectivity index (χ1v) is 9.32. The molecule has 7 heteroatoms. The minimum Gasteiger partial charge on any atom is -0.479 e.